The van der Waals surface area contributed by atoms with E-state index >= 15 is 0 Å². The van der Waals surface area contributed by atoms with Crippen molar-refractivity contribution in [3.05, 3.63) is 84.1 Å². The molecule has 7 nitrogen and oxygen atoms in total. The minimum absolute atomic E-state index is 0. The Morgan fingerprint density at radius 1 is 1.00 bits per heavy atom. The second-order valence-electron chi connectivity index (χ2n) is 7.22. The van der Waals surface area contributed by atoms with Gasteiger partial charge in [-0.2, -0.15) is 0 Å². The van der Waals surface area contributed by atoms with E-state index in [1.165, 1.54) is 12.3 Å². The number of hydrogen-bond donors (Lipinski definition) is 2. The molecule has 4 aromatic rings. The maximum absolute atomic E-state index is 13.3. The highest BCUT2D eigenvalue weighted by atomic mass is 35.5. The van der Waals surface area contributed by atoms with Crippen LogP contribution >= 0.6 is 12.4 Å². The number of aryl methyl sites for hydroxylation is 1. The van der Waals surface area contributed by atoms with E-state index in [2.05, 4.69) is 10.3 Å². The summed E-state index contributed by atoms with van der Waals surface area (Å²) >= 11 is 0. The van der Waals surface area contributed by atoms with E-state index < -0.39 is 15.7 Å². The first kappa shape index (κ1) is 24.0. The summed E-state index contributed by atoms with van der Waals surface area (Å²) < 4.78 is 31.8. The summed E-state index contributed by atoms with van der Waals surface area (Å²) in [5.41, 5.74) is 8.00. The Hall–Kier alpha value is -3.62. The molecular weight excluding hydrogens is 462 g/mol. The highest BCUT2D eigenvalue weighted by Crippen LogP contribution is 2.34. The number of ether oxygens (including phenoxy) is 1. The molecule has 3 N–H and O–H groups in total. The molecule has 0 saturated carbocycles. The average Bonchev–Trinajstić information content (AvgIpc) is 2.79. The Morgan fingerprint density at radius 2 is 1.73 bits per heavy atom. The van der Waals surface area contributed by atoms with Crippen LogP contribution in [0.5, 0.6) is 5.75 Å². The van der Waals surface area contributed by atoms with Crippen molar-refractivity contribution >= 4 is 50.4 Å². The largest absolute Gasteiger partial charge is 0.497 e. The molecule has 3 aromatic carbocycles. The maximum Gasteiger partial charge on any atom is 0.252 e. The summed E-state index contributed by atoms with van der Waals surface area (Å²) in [5, 5.41) is 3.67. The maximum atomic E-state index is 13.3. The van der Waals surface area contributed by atoms with E-state index in [0.717, 1.165) is 0 Å². The number of hydrogen-bond acceptors (Lipinski definition) is 6. The number of nitrogens with zero attached hydrogens (tertiary/aromatic N) is 1. The van der Waals surface area contributed by atoms with Crippen LogP contribution in [0, 0.1) is 6.92 Å². The molecule has 0 unspecified atom stereocenters. The van der Waals surface area contributed by atoms with E-state index in [9.17, 15) is 13.2 Å². The van der Waals surface area contributed by atoms with Crippen molar-refractivity contribution < 1.29 is 17.9 Å². The minimum Gasteiger partial charge on any atom is -0.497 e. The number of nitrogens with one attached hydrogen (secondary N) is 1. The number of anilines is 2. The Kier molecular flexibility index (Phi) is 6.90. The van der Waals surface area contributed by atoms with Crippen LogP contribution in [0.1, 0.15) is 15.9 Å². The number of carbonyl (C=O) groups is 1. The number of nitrogens with two attached hydrogens (primary N) is 1. The van der Waals surface area contributed by atoms with E-state index in [1.807, 2.05) is 0 Å². The van der Waals surface area contributed by atoms with Crippen molar-refractivity contribution in [2.75, 3.05) is 12.4 Å². The van der Waals surface area contributed by atoms with Gasteiger partial charge in [0.25, 0.3) is 5.91 Å². The molecule has 1 amide bonds. The third-order valence-corrected chi connectivity index (χ3v) is 6.85. The molecule has 0 aliphatic carbocycles. The summed E-state index contributed by atoms with van der Waals surface area (Å²) in [7, 11) is -2.22. The molecule has 33 heavy (non-hydrogen) atoms. The second kappa shape index (κ2) is 9.48. The van der Waals surface area contributed by atoms with Gasteiger partial charge in [-0.3, -0.25) is 9.78 Å². The van der Waals surface area contributed by atoms with Crippen LogP contribution in [0.3, 0.4) is 0 Å². The molecule has 4 rings (SSSR count). The molecule has 0 bridgehead atoms. The van der Waals surface area contributed by atoms with E-state index in [0.29, 0.717) is 33.6 Å². The predicted octanol–water partition coefficient (Wildman–Crippen LogP) is 4.65. The van der Waals surface area contributed by atoms with Crippen LogP contribution in [0.2, 0.25) is 0 Å². The van der Waals surface area contributed by atoms with Gasteiger partial charge in [0.1, 0.15) is 5.75 Å². The van der Waals surface area contributed by atoms with Crippen molar-refractivity contribution in [2.45, 2.75) is 16.7 Å². The number of halogens is 1. The van der Waals surface area contributed by atoms with E-state index in [4.69, 9.17) is 10.5 Å². The van der Waals surface area contributed by atoms with Gasteiger partial charge in [-0.1, -0.05) is 24.3 Å². The van der Waals surface area contributed by atoms with Gasteiger partial charge in [-0.05, 0) is 48.9 Å². The zero-order valence-electron chi connectivity index (χ0n) is 17.9. The Morgan fingerprint density at radius 3 is 2.39 bits per heavy atom. The van der Waals surface area contributed by atoms with E-state index in [-0.39, 0.29) is 27.8 Å². The van der Waals surface area contributed by atoms with Gasteiger partial charge >= 0.3 is 0 Å². The fourth-order valence-corrected chi connectivity index (χ4v) is 4.90. The smallest absolute Gasteiger partial charge is 0.252 e. The Bertz CT molecular complexity index is 1440. The summed E-state index contributed by atoms with van der Waals surface area (Å²) in [6.45, 7) is 1.78. The number of primary amides is 1. The molecule has 0 aliphatic rings. The summed E-state index contributed by atoms with van der Waals surface area (Å²) in [5.74, 6) is -0.0590. The highest BCUT2D eigenvalue weighted by molar-refractivity contribution is 7.91. The molecule has 0 radical (unpaired) electrons. The number of benzene rings is 3. The first-order chi connectivity index (χ1) is 15.3. The minimum atomic E-state index is -3.78. The van der Waals surface area contributed by atoms with Gasteiger partial charge in [0.15, 0.2) is 0 Å². The first-order valence-electron chi connectivity index (χ1n) is 9.75. The third kappa shape index (κ3) is 4.62. The topological polar surface area (TPSA) is 111 Å². The lowest BCUT2D eigenvalue weighted by molar-refractivity contribution is 0.100. The van der Waals surface area contributed by atoms with Gasteiger partial charge in [0.2, 0.25) is 9.84 Å². The van der Waals surface area contributed by atoms with Crippen molar-refractivity contribution in [3.63, 3.8) is 0 Å². The molecule has 1 aromatic heterocycles. The van der Waals surface area contributed by atoms with Crippen LogP contribution in [0.25, 0.3) is 10.9 Å². The monoisotopic (exact) mass is 483 g/mol. The lowest BCUT2D eigenvalue weighted by Crippen LogP contribution is -2.14. The van der Waals surface area contributed by atoms with Crippen LogP contribution in [-0.4, -0.2) is 26.4 Å². The quantitative estimate of drug-likeness (QED) is 0.413. The number of aromatic nitrogens is 1. The fraction of sp³-hybridized carbons (Fsp3) is 0.0833. The molecule has 170 valence electrons. The lowest BCUT2D eigenvalue weighted by Gasteiger charge is -2.16. The number of carbonyl (C=O) groups excluding carboxylic acids is 1. The SMILES string of the molecule is COc1cccc(Nc2c(C(N)=O)cnc3c(C)cc(S(=O)(=O)c4ccccc4)cc23)c1.Cl. The summed E-state index contributed by atoms with van der Waals surface area (Å²) in [6, 6.07) is 18.4. The number of pyridine rings is 1. The van der Waals surface area contributed by atoms with Crippen molar-refractivity contribution in [1.29, 1.82) is 0 Å². The number of fused-ring (bicyclic) bond motifs is 1. The van der Waals surface area contributed by atoms with Gasteiger partial charge < -0.3 is 15.8 Å². The molecule has 0 atom stereocenters. The number of methoxy groups -OCH3 is 1. The molecule has 0 aliphatic heterocycles. The number of amides is 1. The van der Waals surface area contributed by atoms with Crippen molar-refractivity contribution in [2.24, 2.45) is 5.73 Å². The lowest BCUT2D eigenvalue weighted by atomic mass is 10.1. The first-order valence-corrected chi connectivity index (χ1v) is 11.2. The zero-order chi connectivity index (χ0) is 22.9. The molecule has 1 heterocycles. The fourth-order valence-electron chi connectivity index (χ4n) is 3.50. The standard InChI is InChI=1S/C24H21N3O4S.ClH/c1-15-11-19(32(29,30)18-9-4-3-5-10-18)13-20-22(15)26-14-21(24(25)28)23(20)27-16-7-6-8-17(12-16)31-2;/h3-14H,1-2H3,(H2,25,28)(H,26,27);1H. The highest BCUT2D eigenvalue weighted by Gasteiger charge is 2.22. The number of sulfone groups is 1. The summed E-state index contributed by atoms with van der Waals surface area (Å²) in [6.07, 6.45) is 1.39. The normalized spacial score (nSPS) is 11.0. The van der Waals surface area contributed by atoms with Gasteiger partial charge in [-0.25, -0.2) is 8.42 Å². The molecule has 9 heteroatoms. The van der Waals surface area contributed by atoms with Crippen molar-refractivity contribution in [3.8, 4) is 5.75 Å². The van der Waals surface area contributed by atoms with Gasteiger partial charge in [-0.15, -0.1) is 12.4 Å². The Balaban J connectivity index is 0.00000306. The zero-order valence-corrected chi connectivity index (χ0v) is 19.5. The van der Waals surface area contributed by atoms with Gasteiger partial charge in [0, 0.05) is 23.3 Å². The second-order valence-corrected chi connectivity index (χ2v) is 9.17. The molecular formula is C24H22ClN3O4S. The van der Waals surface area contributed by atoms with Crippen molar-refractivity contribution in [1.82, 2.24) is 4.98 Å². The average molecular weight is 484 g/mol. The summed E-state index contributed by atoms with van der Waals surface area (Å²) in [4.78, 5) is 16.8. The van der Waals surface area contributed by atoms with E-state index in [1.54, 1.807) is 74.7 Å². The number of rotatable bonds is 6. The van der Waals surface area contributed by atoms with Crippen LogP contribution in [0.4, 0.5) is 11.4 Å². The molecule has 0 fully saturated rings. The molecule has 0 spiro atoms. The Labute approximate surface area is 197 Å². The van der Waals surface area contributed by atoms with Crippen LogP contribution in [-0.2, 0) is 9.84 Å². The van der Waals surface area contributed by atoms with Crippen LogP contribution < -0.4 is 15.8 Å². The predicted molar refractivity (Wildman–Crippen MR) is 130 cm³/mol. The van der Waals surface area contributed by atoms with Crippen LogP contribution in [0.15, 0.2) is 82.7 Å². The third-order valence-electron chi connectivity index (χ3n) is 5.10. The van der Waals surface area contributed by atoms with Gasteiger partial charge in [0.05, 0.1) is 33.7 Å². The molecule has 0 saturated heterocycles.